The van der Waals surface area contributed by atoms with E-state index >= 15 is 0 Å². The van der Waals surface area contributed by atoms with Crippen LogP contribution < -0.4 is 0 Å². The summed E-state index contributed by atoms with van der Waals surface area (Å²) in [5, 5.41) is 10.2. The van der Waals surface area contributed by atoms with Gasteiger partial charge in [-0.1, -0.05) is 12.1 Å². The Hall–Kier alpha value is -1.51. The molecule has 1 N–H and O–H groups in total. The molecule has 4 heteroatoms. The monoisotopic (exact) mass is 189 g/mol. The summed E-state index contributed by atoms with van der Waals surface area (Å²) in [6.07, 6.45) is 0. The van der Waals surface area contributed by atoms with E-state index in [0.29, 0.717) is 5.82 Å². The molecule has 0 atom stereocenters. The molecule has 0 saturated heterocycles. The highest BCUT2D eigenvalue weighted by atomic mass is 32.1. The number of aromatic nitrogens is 2. The van der Waals surface area contributed by atoms with Crippen LogP contribution in [-0.2, 0) is 0 Å². The van der Waals surface area contributed by atoms with E-state index in [2.05, 4.69) is 32.6 Å². The molecule has 0 aliphatic heterocycles. The Balaban J connectivity index is 2.82. The molecule has 0 aliphatic carbocycles. The first-order valence-electron chi connectivity index (χ1n) is 3.84. The second kappa shape index (κ2) is 3.09. The van der Waals surface area contributed by atoms with Crippen molar-refractivity contribution >= 4 is 34.1 Å². The van der Waals surface area contributed by atoms with Crippen LogP contribution in [0.5, 0.6) is 0 Å². The first-order valence-corrected chi connectivity index (χ1v) is 4.25. The van der Waals surface area contributed by atoms with Crippen LogP contribution in [0.4, 0.5) is 5.82 Å². The topological polar surface area (TPSA) is 41.0 Å². The van der Waals surface area contributed by atoms with Crippen LogP contribution in [0.1, 0.15) is 5.56 Å². The second-order valence-electron chi connectivity index (χ2n) is 2.75. The number of aromatic amines is 1. The van der Waals surface area contributed by atoms with Crippen molar-refractivity contribution in [2.75, 3.05) is 0 Å². The van der Waals surface area contributed by atoms with E-state index in [1.807, 2.05) is 25.1 Å². The van der Waals surface area contributed by atoms with E-state index in [1.165, 1.54) is 0 Å². The lowest BCUT2D eigenvalue weighted by Gasteiger charge is -1.91. The van der Waals surface area contributed by atoms with E-state index in [-0.39, 0.29) is 0 Å². The predicted molar refractivity (Wildman–Crippen MR) is 55.5 cm³/mol. The number of isothiocyanates is 1. The highest BCUT2D eigenvalue weighted by Crippen LogP contribution is 2.24. The molecule has 1 aromatic carbocycles. The minimum atomic E-state index is 0.675. The molecule has 1 aromatic heterocycles. The van der Waals surface area contributed by atoms with Crippen LogP contribution in [0.25, 0.3) is 10.9 Å². The van der Waals surface area contributed by atoms with E-state index in [0.717, 1.165) is 16.5 Å². The van der Waals surface area contributed by atoms with Crippen LogP contribution >= 0.6 is 12.2 Å². The third kappa shape index (κ3) is 1.26. The van der Waals surface area contributed by atoms with Gasteiger partial charge in [0.1, 0.15) is 0 Å². The first-order chi connectivity index (χ1) is 6.33. The first kappa shape index (κ1) is 8.10. The molecule has 0 unspecified atom stereocenters. The number of nitrogens with zero attached hydrogens (tertiary/aromatic N) is 2. The van der Waals surface area contributed by atoms with Crippen LogP contribution in [0.3, 0.4) is 0 Å². The van der Waals surface area contributed by atoms with Crippen molar-refractivity contribution < 1.29 is 0 Å². The Morgan fingerprint density at radius 1 is 1.54 bits per heavy atom. The third-order valence-corrected chi connectivity index (χ3v) is 2.02. The normalized spacial score (nSPS) is 9.92. The molecule has 0 aliphatic rings. The van der Waals surface area contributed by atoms with E-state index < -0.39 is 0 Å². The minimum Gasteiger partial charge on any atom is -0.260 e. The van der Waals surface area contributed by atoms with Crippen LogP contribution in [0.15, 0.2) is 23.2 Å². The number of H-pyrrole nitrogens is 1. The molecule has 0 fully saturated rings. The summed E-state index contributed by atoms with van der Waals surface area (Å²) >= 11 is 4.53. The Morgan fingerprint density at radius 2 is 2.38 bits per heavy atom. The Labute approximate surface area is 80.5 Å². The van der Waals surface area contributed by atoms with Crippen molar-refractivity contribution in [3.63, 3.8) is 0 Å². The summed E-state index contributed by atoms with van der Waals surface area (Å²) in [6.45, 7) is 2.01. The average Bonchev–Trinajstić information content (AvgIpc) is 2.51. The summed E-state index contributed by atoms with van der Waals surface area (Å²) < 4.78 is 0. The van der Waals surface area contributed by atoms with Crippen molar-refractivity contribution in [3.05, 3.63) is 23.8 Å². The van der Waals surface area contributed by atoms with Crippen molar-refractivity contribution in [2.24, 2.45) is 4.99 Å². The SMILES string of the molecule is Cc1cccc2c(N=C=S)[nH]nc12. The summed E-state index contributed by atoms with van der Waals surface area (Å²) in [7, 11) is 0. The van der Waals surface area contributed by atoms with Gasteiger partial charge in [0.25, 0.3) is 0 Å². The van der Waals surface area contributed by atoms with Gasteiger partial charge in [-0.15, -0.1) is 0 Å². The number of rotatable bonds is 1. The fraction of sp³-hybridized carbons (Fsp3) is 0.111. The Morgan fingerprint density at radius 3 is 3.15 bits per heavy atom. The van der Waals surface area contributed by atoms with Gasteiger partial charge in [-0.25, -0.2) is 0 Å². The van der Waals surface area contributed by atoms with Gasteiger partial charge in [0.05, 0.1) is 10.7 Å². The van der Waals surface area contributed by atoms with Gasteiger partial charge in [-0.3, -0.25) is 5.10 Å². The number of para-hydroxylation sites is 1. The summed E-state index contributed by atoms with van der Waals surface area (Å²) in [6, 6.07) is 5.93. The number of hydrogen-bond acceptors (Lipinski definition) is 3. The predicted octanol–water partition coefficient (Wildman–Crippen LogP) is 2.61. The number of nitrogens with one attached hydrogen (secondary N) is 1. The maximum absolute atomic E-state index is 4.53. The maximum atomic E-state index is 4.53. The molecule has 0 spiro atoms. The maximum Gasteiger partial charge on any atom is 0.166 e. The zero-order valence-electron chi connectivity index (χ0n) is 7.03. The molecule has 2 rings (SSSR count). The van der Waals surface area contributed by atoms with Crippen LogP contribution in [-0.4, -0.2) is 15.4 Å². The largest absolute Gasteiger partial charge is 0.260 e. The fourth-order valence-corrected chi connectivity index (χ4v) is 1.39. The second-order valence-corrected chi connectivity index (χ2v) is 2.93. The summed E-state index contributed by atoms with van der Waals surface area (Å²) in [5.74, 6) is 0.675. The zero-order valence-corrected chi connectivity index (χ0v) is 7.85. The molecule has 64 valence electrons. The number of aliphatic imine (C=N–C) groups is 1. The van der Waals surface area contributed by atoms with Gasteiger partial charge in [0.15, 0.2) is 5.82 Å². The fourth-order valence-electron chi connectivity index (χ4n) is 1.30. The molecular formula is C9H7N3S. The number of fused-ring (bicyclic) bond motifs is 1. The molecule has 0 amide bonds. The lowest BCUT2D eigenvalue weighted by Crippen LogP contribution is -1.73. The zero-order chi connectivity index (χ0) is 9.26. The summed E-state index contributed by atoms with van der Waals surface area (Å²) in [4.78, 5) is 3.88. The average molecular weight is 189 g/mol. The van der Waals surface area contributed by atoms with Gasteiger partial charge in [-0.05, 0) is 30.8 Å². The third-order valence-electron chi connectivity index (χ3n) is 1.92. The molecule has 3 nitrogen and oxygen atoms in total. The molecule has 1 heterocycles. The molecule has 13 heavy (non-hydrogen) atoms. The molecule has 0 bridgehead atoms. The van der Waals surface area contributed by atoms with E-state index in [4.69, 9.17) is 0 Å². The molecule has 0 saturated carbocycles. The smallest absolute Gasteiger partial charge is 0.166 e. The quantitative estimate of drug-likeness (QED) is 0.553. The highest BCUT2D eigenvalue weighted by Gasteiger charge is 2.04. The van der Waals surface area contributed by atoms with Gasteiger partial charge >= 0.3 is 0 Å². The van der Waals surface area contributed by atoms with Crippen LogP contribution in [0.2, 0.25) is 0 Å². The van der Waals surface area contributed by atoms with Crippen molar-refractivity contribution in [1.82, 2.24) is 10.2 Å². The van der Waals surface area contributed by atoms with Crippen molar-refractivity contribution in [3.8, 4) is 0 Å². The lowest BCUT2D eigenvalue weighted by molar-refractivity contribution is 1.11. The van der Waals surface area contributed by atoms with Gasteiger partial charge in [-0.2, -0.15) is 10.1 Å². The van der Waals surface area contributed by atoms with Gasteiger partial charge in [0.2, 0.25) is 0 Å². The number of thiocarbonyl (C=S) groups is 1. The van der Waals surface area contributed by atoms with E-state index in [9.17, 15) is 0 Å². The highest BCUT2D eigenvalue weighted by molar-refractivity contribution is 7.78. The molecule has 2 aromatic rings. The minimum absolute atomic E-state index is 0.675. The van der Waals surface area contributed by atoms with Crippen LogP contribution in [0, 0.1) is 6.92 Å². The summed E-state index contributed by atoms with van der Waals surface area (Å²) in [5.41, 5.74) is 2.06. The van der Waals surface area contributed by atoms with Crippen molar-refractivity contribution in [2.45, 2.75) is 6.92 Å². The molecule has 0 radical (unpaired) electrons. The molecular weight excluding hydrogens is 182 g/mol. The standard InChI is InChI=1S/C9H7N3S/c1-6-3-2-4-7-8(6)11-12-9(7)10-5-13/h2-4H,1H3,(H,11,12). The van der Waals surface area contributed by atoms with Gasteiger partial charge < -0.3 is 0 Å². The number of hydrogen-bond donors (Lipinski definition) is 1. The van der Waals surface area contributed by atoms with Gasteiger partial charge in [0, 0.05) is 5.39 Å². The van der Waals surface area contributed by atoms with Crippen molar-refractivity contribution in [1.29, 1.82) is 0 Å². The number of aryl methyl sites for hydroxylation is 1. The Kier molecular flexibility index (Phi) is 1.93. The number of benzene rings is 1. The lowest BCUT2D eigenvalue weighted by atomic mass is 10.2. The Bertz CT molecular complexity index is 495. The van der Waals surface area contributed by atoms with E-state index in [1.54, 1.807) is 0 Å².